The van der Waals surface area contributed by atoms with Crippen LogP contribution in [0, 0.1) is 11.3 Å². The van der Waals surface area contributed by atoms with Crippen LogP contribution in [0.1, 0.15) is 16.2 Å². The van der Waals surface area contributed by atoms with Crippen LogP contribution in [-0.4, -0.2) is 27.8 Å². The number of hydrogen-bond donors (Lipinski definition) is 0. The van der Waals surface area contributed by atoms with Crippen LogP contribution in [0.2, 0.25) is 0 Å². The Bertz CT molecular complexity index is 580. The standard InChI is InChI=1S/C11H8N4O2/c1-17-11(16)10-13-7-15(14-10)9-4-2-8(6-12)3-5-9/h2-5,7H,1H3. The maximum Gasteiger partial charge on any atom is 0.377 e. The van der Waals surface area contributed by atoms with Crippen molar-refractivity contribution in [3.05, 3.63) is 42.0 Å². The van der Waals surface area contributed by atoms with Crippen LogP contribution in [0.25, 0.3) is 5.69 Å². The Morgan fingerprint density at radius 1 is 1.41 bits per heavy atom. The van der Waals surface area contributed by atoms with Crippen molar-refractivity contribution in [1.29, 1.82) is 5.26 Å². The average Bonchev–Trinajstić information content (AvgIpc) is 2.87. The van der Waals surface area contributed by atoms with E-state index in [-0.39, 0.29) is 5.82 Å². The van der Waals surface area contributed by atoms with Gasteiger partial charge in [-0.15, -0.1) is 5.10 Å². The summed E-state index contributed by atoms with van der Waals surface area (Å²) in [6.07, 6.45) is 1.41. The third kappa shape index (κ3) is 2.13. The number of carbonyl (C=O) groups is 1. The number of benzene rings is 1. The summed E-state index contributed by atoms with van der Waals surface area (Å²) in [7, 11) is 1.27. The molecule has 84 valence electrons. The van der Waals surface area contributed by atoms with E-state index in [0.29, 0.717) is 11.3 Å². The predicted molar refractivity (Wildman–Crippen MR) is 57.4 cm³/mol. The monoisotopic (exact) mass is 228 g/mol. The maximum absolute atomic E-state index is 11.2. The van der Waals surface area contributed by atoms with Gasteiger partial charge in [-0.05, 0) is 24.3 Å². The van der Waals surface area contributed by atoms with Gasteiger partial charge in [0.1, 0.15) is 6.33 Å². The molecule has 0 aliphatic heterocycles. The van der Waals surface area contributed by atoms with Gasteiger partial charge in [-0.25, -0.2) is 14.5 Å². The second-order valence-corrected chi connectivity index (χ2v) is 3.16. The van der Waals surface area contributed by atoms with Crippen LogP contribution in [-0.2, 0) is 4.74 Å². The zero-order valence-electron chi connectivity index (χ0n) is 8.99. The zero-order valence-corrected chi connectivity index (χ0v) is 8.99. The van der Waals surface area contributed by atoms with Gasteiger partial charge in [0.15, 0.2) is 0 Å². The Labute approximate surface area is 97.1 Å². The van der Waals surface area contributed by atoms with Crippen molar-refractivity contribution in [2.45, 2.75) is 0 Å². The number of aromatic nitrogens is 3. The molecule has 0 amide bonds. The molecule has 0 atom stereocenters. The van der Waals surface area contributed by atoms with E-state index in [1.807, 2.05) is 6.07 Å². The Morgan fingerprint density at radius 3 is 2.71 bits per heavy atom. The Kier molecular flexibility index (Phi) is 2.83. The Balaban J connectivity index is 2.31. The molecule has 2 rings (SSSR count). The number of esters is 1. The summed E-state index contributed by atoms with van der Waals surface area (Å²) in [5.41, 5.74) is 1.27. The fraction of sp³-hybridized carbons (Fsp3) is 0.0909. The first-order chi connectivity index (χ1) is 8.24. The molecule has 0 N–H and O–H groups in total. The van der Waals surface area contributed by atoms with Gasteiger partial charge in [0.05, 0.1) is 24.4 Å². The highest BCUT2D eigenvalue weighted by molar-refractivity contribution is 5.84. The lowest BCUT2D eigenvalue weighted by Crippen LogP contribution is -2.05. The highest BCUT2D eigenvalue weighted by atomic mass is 16.5. The van der Waals surface area contributed by atoms with Crippen LogP contribution < -0.4 is 0 Å². The minimum atomic E-state index is -0.586. The van der Waals surface area contributed by atoms with Crippen LogP contribution in [0.4, 0.5) is 0 Å². The summed E-state index contributed by atoms with van der Waals surface area (Å²) >= 11 is 0. The Morgan fingerprint density at radius 2 is 2.12 bits per heavy atom. The molecule has 0 aliphatic rings. The van der Waals surface area contributed by atoms with Crippen molar-refractivity contribution in [2.75, 3.05) is 7.11 Å². The third-order valence-corrected chi connectivity index (χ3v) is 2.12. The fourth-order valence-corrected chi connectivity index (χ4v) is 1.26. The highest BCUT2D eigenvalue weighted by Gasteiger charge is 2.11. The van der Waals surface area contributed by atoms with Crippen molar-refractivity contribution in [1.82, 2.24) is 14.8 Å². The van der Waals surface area contributed by atoms with Crippen LogP contribution in [0.15, 0.2) is 30.6 Å². The first-order valence-electron chi connectivity index (χ1n) is 4.75. The molecule has 0 bridgehead atoms. The van der Waals surface area contributed by atoms with Crippen molar-refractivity contribution in [3.8, 4) is 11.8 Å². The van der Waals surface area contributed by atoms with Gasteiger partial charge in [0.25, 0.3) is 5.82 Å². The molecule has 0 unspecified atom stereocenters. The number of rotatable bonds is 2. The first-order valence-corrected chi connectivity index (χ1v) is 4.75. The SMILES string of the molecule is COC(=O)c1ncn(-c2ccc(C#N)cc2)n1. The Hall–Kier alpha value is -2.68. The summed E-state index contributed by atoms with van der Waals surface area (Å²) < 4.78 is 5.94. The summed E-state index contributed by atoms with van der Waals surface area (Å²) in [5.74, 6) is -0.589. The van der Waals surface area contributed by atoms with E-state index in [9.17, 15) is 4.79 Å². The third-order valence-electron chi connectivity index (χ3n) is 2.12. The number of nitriles is 1. The van der Waals surface area contributed by atoms with Crippen molar-refractivity contribution < 1.29 is 9.53 Å². The molecule has 17 heavy (non-hydrogen) atoms. The quantitative estimate of drug-likeness (QED) is 0.714. The number of ether oxygens (including phenoxy) is 1. The average molecular weight is 228 g/mol. The van der Waals surface area contributed by atoms with Gasteiger partial charge < -0.3 is 4.74 Å². The van der Waals surface area contributed by atoms with E-state index in [1.165, 1.54) is 18.1 Å². The van der Waals surface area contributed by atoms with Gasteiger partial charge in [0, 0.05) is 0 Å². The molecule has 0 radical (unpaired) electrons. The molecule has 2 aromatic rings. The zero-order chi connectivity index (χ0) is 12.3. The molecule has 1 aromatic heterocycles. The lowest BCUT2D eigenvalue weighted by Gasteiger charge is -1.99. The van der Waals surface area contributed by atoms with E-state index in [1.54, 1.807) is 24.3 Å². The summed E-state index contributed by atoms with van der Waals surface area (Å²) in [6.45, 7) is 0. The maximum atomic E-state index is 11.2. The molecule has 0 fully saturated rings. The molecule has 0 saturated carbocycles. The van der Waals surface area contributed by atoms with Crippen LogP contribution in [0.5, 0.6) is 0 Å². The minimum Gasteiger partial charge on any atom is -0.463 e. The summed E-state index contributed by atoms with van der Waals surface area (Å²) in [4.78, 5) is 15.0. The second kappa shape index (κ2) is 4.45. The van der Waals surface area contributed by atoms with E-state index in [0.717, 1.165) is 0 Å². The number of methoxy groups -OCH3 is 1. The largest absolute Gasteiger partial charge is 0.463 e. The molecule has 1 heterocycles. The summed E-state index contributed by atoms with van der Waals surface area (Å²) in [6, 6.07) is 8.77. The van der Waals surface area contributed by atoms with Crippen molar-refractivity contribution in [2.24, 2.45) is 0 Å². The normalized spacial score (nSPS) is 9.65. The number of carbonyl (C=O) groups excluding carboxylic acids is 1. The van der Waals surface area contributed by atoms with Gasteiger partial charge in [-0.2, -0.15) is 5.26 Å². The molecular formula is C11H8N4O2. The van der Waals surface area contributed by atoms with E-state index in [4.69, 9.17) is 5.26 Å². The van der Waals surface area contributed by atoms with Gasteiger partial charge in [-0.1, -0.05) is 0 Å². The molecule has 6 heteroatoms. The predicted octanol–water partition coefficient (Wildman–Crippen LogP) is 0.926. The van der Waals surface area contributed by atoms with Gasteiger partial charge in [-0.3, -0.25) is 0 Å². The first kappa shape index (κ1) is 10.8. The van der Waals surface area contributed by atoms with E-state index < -0.39 is 5.97 Å². The van der Waals surface area contributed by atoms with E-state index >= 15 is 0 Å². The topological polar surface area (TPSA) is 80.8 Å². The van der Waals surface area contributed by atoms with Gasteiger partial charge in [0.2, 0.25) is 0 Å². The smallest absolute Gasteiger partial charge is 0.377 e. The second-order valence-electron chi connectivity index (χ2n) is 3.16. The molecule has 6 nitrogen and oxygen atoms in total. The van der Waals surface area contributed by atoms with Crippen LogP contribution >= 0.6 is 0 Å². The lowest BCUT2D eigenvalue weighted by atomic mass is 10.2. The molecular weight excluding hydrogens is 220 g/mol. The fourth-order valence-electron chi connectivity index (χ4n) is 1.26. The van der Waals surface area contributed by atoms with Crippen molar-refractivity contribution >= 4 is 5.97 Å². The molecule has 0 saturated heterocycles. The molecule has 1 aromatic carbocycles. The van der Waals surface area contributed by atoms with Gasteiger partial charge >= 0.3 is 5.97 Å². The lowest BCUT2D eigenvalue weighted by molar-refractivity contribution is 0.0587. The summed E-state index contributed by atoms with van der Waals surface area (Å²) in [5, 5.41) is 12.6. The van der Waals surface area contributed by atoms with Crippen LogP contribution in [0.3, 0.4) is 0 Å². The van der Waals surface area contributed by atoms with E-state index in [2.05, 4.69) is 14.8 Å². The molecule has 0 spiro atoms. The molecule has 0 aliphatic carbocycles. The minimum absolute atomic E-state index is 0.00291. The van der Waals surface area contributed by atoms with Crippen molar-refractivity contribution in [3.63, 3.8) is 0 Å². The highest BCUT2D eigenvalue weighted by Crippen LogP contribution is 2.08. The number of nitrogens with zero attached hydrogens (tertiary/aromatic N) is 4. The number of hydrogen-bond acceptors (Lipinski definition) is 5.